The molecule has 0 amide bonds. The standard InChI is InChI=1S/C21H34N4O2.HI/c1-16-7-9-17(10-8-16)18(24(3)4)14-23-21(22-2)25-11-13-27-20(15-25)19-6-5-12-26-19;/h7-10,18-20H,5-6,11-15H2,1-4H3,(H,22,23);1H. The average Bonchev–Trinajstić information content (AvgIpc) is 3.21. The molecular formula is C21H35IN4O2. The van der Waals surface area contributed by atoms with Crippen LogP contribution in [0, 0.1) is 6.92 Å². The Labute approximate surface area is 186 Å². The number of likely N-dealkylation sites (N-methyl/N-ethyl adjacent to an activating group) is 1. The van der Waals surface area contributed by atoms with Gasteiger partial charge in [-0.1, -0.05) is 29.8 Å². The van der Waals surface area contributed by atoms with Crippen molar-refractivity contribution in [1.82, 2.24) is 15.1 Å². The second-order valence-electron chi connectivity index (χ2n) is 7.72. The highest BCUT2D eigenvalue weighted by Crippen LogP contribution is 2.21. The van der Waals surface area contributed by atoms with Crippen molar-refractivity contribution in [2.75, 3.05) is 54.0 Å². The van der Waals surface area contributed by atoms with E-state index in [2.05, 4.69) is 65.4 Å². The number of guanidine groups is 1. The minimum atomic E-state index is 0. The summed E-state index contributed by atoms with van der Waals surface area (Å²) in [7, 11) is 6.10. The third kappa shape index (κ3) is 6.05. The number of rotatable bonds is 5. The van der Waals surface area contributed by atoms with Crippen molar-refractivity contribution in [2.24, 2.45) is 4.99 Å². The summed E-state index contributed by atoms with van der Waals surface area (Å²) in [5.41, 5.74) is 2.60. The van der Waals surface area contributed by atoms with Crippen LogP contribution >= 0.6 is 24.0 Å². The number of halogens is 1. The first kappa shape index (κ1) is 23.4. The van der Waals surface area contributed by atoms with Gasteiger partial charge in [-0.3, -0.25) is 4.99 Å². The molecule has 2 aliphatic heterocycles. The van der Waals surface area contributed by atoms with Gasteiger partial charge in [0.15, 0.2) is 5.96 Å². The molecule has 7 heteroatoms. The van der Waals surface area contributed by atoms with Crippen LogP contribution in [0.2, 0.25) is 0 Å². The molecule has 0 aliphatic carbocycles. The lowest BCUT2D eigenvalue weighted by Gasteiger charge is -2.37. The predicted octanol–water partition coefficient (Wildman–Crippen LogP) is 2.67. The summed E-state index contributed by atoms with van der Waals surface area (Å²) >= 11 is 0. The monoisotopic (exact) mass is 502 g/mol. The molecular weight excluding hydrogens is 467 g/mol. The van der Waals surface area contributed by atoms with E-state index >= 15 is 0 Å². The first-order chi connectivity index (χ1) is 13.1. The van der Waals surface area contributed by atoms with E-state index in [-0.39, 0.29) is 42.2 Å². The van der Waals surface area contributed by atoms with E-state index in [0.29, 0.717) is 0 Å². The molecule has 0 bridgehead atoms. The van der Waals surface area contributed by atoms with Crippen LogP contribution in [0.25, 0.3) is 0 Å². The summed E-state index contributed by atoms with van der Waals surface area (Å²) in [5, 5.41) is 3.58. The van der Waals surface area contributed by atoms with E-state index in [4.69, 9.17) is 9.47 Å². The van der Waals surface area contributed by atoms with Gasteiger partial charge in [0.25, 0.3) is 0 Å². The molecule has 1 aromatic carbocycles. The van der Waals surface area contributed by atoms with Crippen molar-refractivity contribution >= 4 is 29.9 Å². The first-order valence-corrected chi connectivity index (χ1v) is 10.00. The molecule has 2 saturated heterocycles. The minimum Gasteiger partial charge on any atom is -0.375 e. The Bertz CT molecular complexity index is 617. The number of nitrogens with zero attached hydrogens (tertiary/aromatic N) is 3. The van der Waals surface area contributed by atoms with Gasteiger partial charge in [-0.05, 0) is 39.4 Å². The zero-order valence-corrected chi connectivity index (χ0v) is 19.9. The molecule has 158 valence electrons. The van der Waals surface area contributed by atoms with Crippen LogP contribution in [0.1, 0.15) is 30.0 Å². The first-order valence-electron chi connectivity index (χ1n) is 10.00. The molecule has 2 aliphatic rings. The zero-order valence-electron chi connectivity index (χ0n) is 17.6. The van der Waals surface area contributed by atoms with Gasteiger partial charge in [0.1, 0.15) is 6.10 Å². The lowest BCUT2D eigenvalue weighted by Crippen LogP contribution is -2.54. The Morgan fingerprint density at radius 2 is 1.93 bits per heavy atom. The number of aliphatic imine (C=N–C) groups is 1. The number of hydrogen-bond acceptors (Lipinski definition) is 4. The van der Waals surface area contributed by atoms with Crippen LogP contribution in [0.4, 0.5) is 0 Å². The van der Waals surface area contributed by atoms with E-state index in [1.165, 1.54) is 11.1 Å². The SMILES string of the molecule is CN=C(NCC(c1ccc(C)cc1)N(C)C)N1CCOC(C2CCCO2)C1.I. The number of nitrogens with one attached hydrogen (secondary N) is 1. The lowest BCUT2D eigenvalue weighted by molar-refractivity contribution is -0.0817. The summed E-state index contributed by atoms with van der Waals surface area (Å²) in [4.78, 5) is 9.08. The third-order valence-electron chi connectivity index (χ3n) is 5.52. The van der Waals surface area contributed by atoms with Gasteiger partial charge in [-0.15, -0.1) is 24.0 Å². The minimum absolute atomic E-state index is 0. The quantitative estimate of drug-likeness (QED) is 0.381. The van der Waals surface area contributed by atoms with Crippen LogP contribution in [0.5, 0.6) is 0 Å². The van der Waals surface area contributed by atoms with Crippen molar-refractivity contribution in [2.45, 2.75) is 38.0 Å². The Hall–Kier alpha value is -0.900. The van der Waals surface area contributed by atoms with Crippen LogP contribution in [-0.4, -0.2) is 82.0 Å². The molecule has 3 rings (SSSR count). The molecule has 2 heterocycles. The van der Waals surface area contributed by atoms with E-state index in [9.17, 15) is 0 Å². The Morgan fingerprint density at radius 1 is 1.21 bits per heavy atom. The summed E-state index contributed by atoms with van der Waals surface area (Å²) in [6, 6.07) is 9.07. The average molecular weight is 502 g/mol. The maximum Gasteiger partial charge on any atom is 0.193 e. The summed E-state index contributed by atoms with van der Waals surface area (Å²) in [6.07, 6.45) is 2.61. The van der Waals surface area contributed by atoms with Crippen molar-refractivity contribution in [3.63, 3.8) is 0 Å². The molecule has 0 spiro atoms. The van der Waals surface area contributed by atoms with Crippen LogP contribution in [0.3, 0.4) is 0 Å². The molecule has 1 aromatic rings. The molecule has 0 aromatic heterocycles. The number of benzene rings is 1. The molecule has 28 heavy (non-hydrogen) atoms. The maximum atomic E-state index is 5.97. The van der Waals surface area contributed by atoms with Gasteiger partial charge in [0, 0.05) is 33.3 Å². The van der Waals surface area contributed by atoms with Crippen LogP contribution in [-0.2, 0) is 9.47 Å². The molecule has 3 unspecified atom stereocenters. The van der Waals surface area contributed by atoms with E-state index in [1.807, 2.05) is 7.05 Å². The van der Waals surface area contributed by atoms with Crippen molar-refractivity contribution in [1.29, 1.82) is 0 Å². The smallest absolute Gasteiger partial charge is 0.193 e. The number of morpholine rings is 1. The lowest BCUT2D eigenvalue weighted by atomic mass is 10.0. The van der Waals surface area contributed by atoms with E-state index in [1.54, 1.807) is 0 Å². The Morgan fingerprint density at radius 3 is 2.54 bits per heavy atom. The largest absolute Gasteiger partial charge is 0.375 e. The van der Waals surface area contributed by atoms with E-state index < -0.39 is 0 Å². The highest BCUT2D eigenvalue weighted by molar-refractivity contribution is 14.0. The van der Waals surface area contributed by atoms with Crippen molar-refractivity contribution < 1.29 is 9.47 Å². The number of hydrogen-bond donors (Lipinski definition) is 1. The van der Waals surface area contributed by atoms with Crippen molar-refractivity contribution in [3.05, 3.63) is 35.4 Å². The Kier molecular flexibility index (Phi) is 9.46. The molecule has 0 saturated carbocycles. The second kappa shape index (κ2) is 11.3. The molecule has 2 fully saturated rings. The topological polar surface area (TPSA) is 49.3 Å². The third-order valence-corrected chi connectivity index (χ3v) is 5.52. The fourth-order valence-electron chi connectivity index (χ4n) is 3.90. The fraction of sp³-hybridized carbons (Fsp3) is 0.667. The van der Waals surface area contributed by atoms with Crippen LogP contribution < -0.4 is 5.32 Å². The van der Waals surface area contributed by atoms with E-state index in [0.717, 1.165) is 51.6 Å². The molecule has 0 radical (unpaired) electrons. The Balaban J connectivity index is 0.00000280. The van der Waals surface area contributed by atoms with Crippen molar-refractivity contribution in [3.8, 4) is 0 Å². The summed E-state index contributed by atoms with van der Waals surface area (Å²) in [6.45, 7) is 6.21. The fourth-order valence-corrected chi connectivity index (χ4v) is 3.90. The normalized spacial score (nSPS) is 24.2. The molecule has 1 N–H and O–H groups in total. The van der Waals surface area contributed by atoms with Gasteiger partial charge < -0.3 is 24.6 Å². The second-order valence-corrected chi connectivity index (χ2v) is 7.72. The van der Waals surface area contributed by atoms with Crippen LogP contribution in [0.15, 0.2) is 29.3 Å². The maximum absolute atomic E-state index is 5.97. The van der Waals surface area contributed by atoms with Gasteiger partial charge in [-0.2, -0.15) is 0 Å². The zero-order chi connectivity index (χ0) is 19.2. The highest BCUT2D eigenvalue weighted by atomic mass is 127. The predicted molar refractivity (Wildman–Crippen MR) is 125 cm³/mol. The highest BCUT2D eigenvalue weighted by Gasteiger charge is 2.32. The number of aryl methyl sites for hydroxylation is 1. The van der Waals surface area contributed by atoms with Gasteiger partial charge in [0.05, 0.1) is 18.8 Å². The van der Waals surface area contributed by atoms with Gasteiger partial charge in [0.2, 0.25) is 0 Å². The summed E-state index contributed by atoms with van der Waals surface area (Å²) < 4.78 is 11.8. The molecule has 3 atom stereocenters. The number of ether oxygens (including phenoxy) is 2. The summed E-state index contributed by atoms with van der Waals surface area (Å²) in [5.74, 6) is 0.945. The van der Waals surface area contributed by atoms with Gasteiger partial charge >= 0.3 is 0 Å². The molecule has 6 nitrogen and oxygen atoms in total. The van der Waals surface area contributed by atoms with Gasteiger partial charge in [-0.25, -0.2) is 0 Å².